The van der Waals surface area contributed by atoms with E-state index in [-0.39, 0.29) is 5.82 Å². The maximum atomic E-state index is 13.9. The Balaban J connectivity index is 2.19. The van der Waals surface area contributed by atoms with Crippen LogP contribution < -0.4 is 15.0 Å². The van der Waals surface area contributed by atoms with Gasteiger partial charge in [-0.25, -0.2) is 4.39 Å². The molecule has 1 saturated heterocycles. The third-order valence-corrected chi connectivity index (χ3v) is 3.50. The number of nitrogens with zero attached hydrogens (tertiary/aromatic N) is 1. The van der Waals surface area contributed by atoms with E-state index in [4.69, 9.17) is 4.74 Å². The van der Waals surface area contributed by atoms with Gasteiger partial charge in [-0.15, -0.1) is 0 Å². The highest BCUT2D eigenvalue weighted by Gasteiger charge is 2.23. The van der Waals surface area contributed by atoms with Crippen LogP contribution in [0.2, 0.25) is 0 Å². The van der Waals surface area contributed by atoms with Crippen molar-refractivity contribution < 1.29 is 9.13 Å². The van der Waals surface area contributed by atoms with Crippen molar-refractivity contribution in [2.75, 3.05) is 31.6 Å². The summed E-state index contributed by atoms with van der Waals surface area (Å²) in [4.78, 5) is 2.10. The number of methoxy groups -OCH3 is 1. The van der Waals surface area contributed by atoms with Crippen molar-refractivity contribution in [1.29, 1.82) is 0 Å². The molecule has 1 aliphatic rings. The standard InChI is InChI=1S/C14H21FN2O/c1-10(2)13-9-17(7-6-16-13)14-8-11(18-3)4-5-12(14)15/h4-5,8,10,13,16H,6-7,9H2,1-3H3. The Morgan fingerprint density at radius 3 is 2.89 bits per heavy atom. The monoisotopic (exact) mass is 252 g/mol. The average Bonchev–Trinajstić information content (AvgIpc) is 2.39. The van der Waals surface area contributed by atoms with E-state index < -0.39 is 0 Å². The van der Waals surface area contributed by atoms with Gasteiger partial charge >= 0.3 is 0 Å². The molecule has 0 aliphatic carbocycles. The smallest absolute Gasteiger partial charge is 0.146 e. The fourth-order valence-electron chi connectivity index (χ4n) is 2.31. The predicted molar refractivity (Wildman–Crippen MR) is 71.8 cm³/mol. The summed E-state index contributed by atoms with van der Waals surface area (Å²) in [7, 11) is 1.60. The lowest BCUT2D eigenvalue weighted by atomic mass is 10.0. The maximum Gasteiger partial charge on any atom is 0.146 e. The molecule has 1 aromatic carbocycles. The lowest BCUT2D eigenvalue weighted by Crippen LogP contribution is -2.53. The minimum Gasteiger partial charge on any atom is -0.497 e. The Morgan fingerprint density at radius 1 is 1.44 bits per heavy atom. The van der Waals surface area contributed by atoms with Crippen molar-refractivity contribution in [2.45, 2.75) is 19.9 Å². The molecule has 1 heterocycles. The van der Waals surface area contributed by atoms with Crippen molar-refractivity contribution in [2.24, 2.45) is 5.92 Å². The van der Waals surface area contributed by atoms with Crippen molar-refractivity contribution in [3.8, 4) is 5.75 Å². The second-order valence-electron chi connectivity index (χ2n) is 5.07. The van der Waals surface area contributed by atoms with Crippen LogP contribution >= 0.6 is 0 Å². The number of hydrogen-bond acceptors (Lipinski definition) is 3. The molecule has 0 spiro atoms. The fourth-order valence-corrected chi connectivity index (χ4v) is 2.31. The first kappa shape index (κ1) is 13.1. The fraction of sp³-hybridized carbons (Fsp3) is 0.571. The number of nitrogens with one attached hydrogen (secondary N) is 1. The Kier molecular flexibility index (Phi) is 4.07. The topological polar surface area (TPSA) is 24.5 Å². The number of piperazine rings is 1. The highest BCUT2D eigenvalue weighted by Crippen LogP contribution is 2.26. The summed E-state index contributed by atoms with van der Waals surface area (Å²) in [6.07, 6.45) is 0. The third-order valence-electron chi connectivity index (χ3n) is 3.50. The van der Waals surface area contributed by atoms with E-state index in [9.17, 15) is 4.39 Å². The van der Waals surface area contributed by atoms with Crippen molar-refractivity contribution in [3.05, 3.63) is 24.0 Å². The number of hydrogen-bond donors (Lipinski definition) is 1. The quantitative estimate of drug-likeness (QED) is 0.893. The third kappa shape index (κ3) is 2.75. The van der Waals surface area contributed by atoms with E-state index in [1.807, 2.05) is 0 Å². The van der Waals surface area contributed by atoms with Crippen LogP contribution in [0, 0.1) is 11.7 Å². The van der Waals surface area contributed by atoms with Crippen LogP contribution in [0.1, 0.15) is 13.8 Å². The zero-order valence-corrected chi connectivity index (χ0v) is 11.2. The molecule has 0 bridgehead atoms. The number of rotatable bonds is 3. The summed E-state index contributed by atoms with van der Waals surface area (Å²) < 4.78 is 19.1. The summed E-state index contributed by atoms with van der Waals surface area (Å²) in [6.45, 7) is 6.92. The van der Waals surface area contributed by atoms with Crippen LogP contribution in [0.5, 0.6) is 5.75 Å². The van der Waals surface area contributed by atoms with E-state index in [0.717, 1.165) is 19.6 Å². The van der Waals surface area contributed by atoms with Crippen molar-refractivity contribution in [1.82, 2.24) is 5.32 Å². The van der Waals surface area contributed by atoms with Gasteiger partial charge in [-0.05, 0) is 18.1 Å². The first-order chi connectivity index (χ1) is 8.61. The van der Waals surface area contributed by atoms with Gasteiger partial charge < -0.3 is 15.0 Å². The van der Waals surface area contributed by atoms with Gasteiger partial charge in [-0.1, -0.05) is 13.8 Å². The van der Waals surface area contributed by atoms with Crippen molar-refractivity contribution >= 4 is 5.69 Å². The summed E-state index contributed by atoms with van der Waals surface area (Å²) >= 11 is 0. The minimum atomic E-state index is -0.180. The van der Waals surface area contributed by atoms with E-state index >= 15 is 0 Å². The molecule has 0 radical (unpaired) electrons. The number of anilines is 1. The summed E-state index contributed by atoms with van der Waals surface area (Å²) in [6, 6.07) is 5.31. The summed E-state index contributed by atoms with van der Waals surface area (Å²) in [5.41, 5.74) is 0.640. The average molecular weight is 252 g/mol. The molecule has 100 valence electrons. The highest BCUT2D eigenvalue weighted by atomic mass is 19.1. The number of benzene rings is 1. The van der Waals surface area contributed by atoms with Gasteiger partial charge in [0.05, 0.1) is 12.8 Å². The Labute approximate surface area is 108 Å². The maximum absolute atomic E-state index is 13.9. The zero-order chi connectivity index (χ0) is 13.1. The molecule has 0 saturated carbocycles. The van der Waals surface area contributed by atoms with E-state index in [1.165, 1.54) is 6.07 Å². The van der Waals surface area contributed by atoms with E-state index in [1.54, 1.807) is 19.2 Å². The molecule has 2 rings (SSSR count). The molecule has 1 fully saturated rings. The van der Waals surface area contributed by atoms with Crippen LogP contribution in [-0.4, -0.2) is 32.8 Å². The van der Waals surface area contributed by atoms with E-state index in [2.05, 4.69) is 24.1 Å². The number of halogens is 1. The lowest BCUT2D eigenvalue weighted by molar-refractivity contribution is 0.366. The van der Waals surface area contributed by atoms with Gasteiger partial charge in [0.15, 0.2) is 0 Å². The van der Waals surface area contributed by atoms with Gasteiger partial charge in [0.25, 0.3) is 0 Å². The summed E-state index contributed by atoms with van der Waals surface area (Å²) in [5.74, 6) is 1.06. The minimum absolute atomic E-state index is 0.180. The normalized spacial score (nSPS) is 20.3. The molecule has 3 nitrogen and oxygen atoms in total. The van der Waals surface area contributed by atoms with Crippen LogP contribution in [0.15, 0.2) is 18.2 Å². The van der Waals surface area contributed by atoms with Crippen LogP contribution in [0.4, 0.5) is 10.1 Å². The summed E-state index contributed by atoms with van der Waals surface area (Å²) in [5, 5.41) is 3.47. The molecule has 1 aliphatic heterocycles. The Hall–Kier alpha value is -1.29. The van der Waals surface area contributed by atoms with Gasteiger partial charge in [0.1, 0.15) is 11.6 Å². The van der Waals surface area contributed by atoms with Crippen LogP contribution in [0.25, 0.3) is 0 Å². The van der Waals surface area contributed by atoms with Gasteiger partial charge in [-0.3, -0.25) is 0 Å². The predicted octanol–water partition coefficient (Wildman–Crippen LogP) is 2.27. The molecule has 1 N–H and O–H groups in total. The van der Waals surface area contributed by atoms with Crippen LogP contribution in [0.3, 0.4) is 0 Å². The van der Waals surface area contributed by atoms with Gasteiger partial charge in [-0.2, -0.15) is 0 Å². The SMILES string of the molecule is COc1ccc(F)c(N2CCNC(C(C)C)C2)c1. The highest BCUT2D eigenvalue weighted by molar-refractivity contribution is 5.52. The molecule has 1 unspecified atom stereocenters. The first-order valence-corrected chi connectivity index (χ1v) is 6.43. The first-order valence-electron chi connectivity index (χ1n) is 6.43. The lowest BCUT2D eigenvalue weighted by Gasteiger charge is -2.37. The molecular weight excluding hydrogens is 231 g/mol. The molecule has 1 aromatic rings. The Bertz CT molecular complexity index is 409. The zero-order valence-electron chi connectivity index (χ0n) is 11.2. The van der Waals surface area contributed by atoms with Crippen LogP contribution in [-0.2, 0) is 0 Å². The molecule has 0 aromatic heterocycles. The van der Waals surface area contributed by atoms with E-state index in [0.29, 0.717) is 23.4 Å². The van der Waals surface area contributed by atoms with Gasteiger partial charge in [0.2, 0.25) is 0 Å². The molecular formula is C14H21FN2O. The van der Waals surface area contributed by atoms with Crippen molar-refractivity contribution in [3.63, 3.8) is 0 Å². The second kappa shape index (κ2) is 5.57. The largest absolute Gasteiger partial charge is 0.497 e. The molecule has 1 atom stereocenters. The molecule has 4 heteroatoms. The Morgan fingerprint density at radius 2 is 2.22 bits per heavy atom. The molecule has 18 heavy (non-hydrogen) atoms. The second-order valence-corrected chi connectivity index (χ2v) is 5.07. The molecule has 0 amide bonds. The van der Waals surface area contributed by atoms with Gasteiger partial charge in [0, 0.05) is 31.7 Å². The number of ether oxygens (including phenoxy) is 1.